The average Bonchev–Trinajstić information content (AvgIpc) is 2.51. The minimum absolute atomic E-state index is 0.0270. The molecule has 0 aliphatic heterocycles. The van der Waals surface area contributed by atoms with E-state index in [1.165, 1.54) is 18.2 Å². The van der Waals surface area contributed by atoms with E-state index in [4.69, 9.17) is 9.47 Å². The lowest BCUT2D eigenvalue weighted by atomic mass is 10.2. The average molecular weight is 309 g/mol. The first kappa shape index (κ1) is 17.6. The number of carbonyl (C=O) groups is 2. The zero-order valence-corrected chi connectivity index (χ0v) is 12.4. The Morgan fingerprint density at radius 2 is 1.86 bits per heavy atom. The minimum Gasteiger partial charge on any atom is -0.466 e. The molecule has 0 saturated heterocycles. The van der Waals surface area contributed by atoms with Crippen LogP contribution in [0.3, 0.4) is 0 Å². The van der Waals surface area contributed by atoms with Crippen molar-refractivity contribution in [2.45, 2.75) is 39.2 Å². The first-order valence-electron chi connectivity index (χ1n) is 7.07. The molecule has 1 aromatic rings. The molecule has 1 aromatic carbocycles. The zero-order chi connectivity index (χ0) is 16.4. The third-order valence-corrected chi connectivity index (χ3v) is 2.75. The van der Waals surface area contributed by atoms with Gasteiger partial charge in [0.15, 0.2) is 0 Å². The summed E-state index contributed by atoms with van der Waals surface area (Å²) in [5.74, 6) is -0.775. The van der Waals surface area contributed by atoms with E-state index in [0.717, 1.165) is 6.42 Å². The summed E-state index contributed by atoms with van der Waals surface area (Å²) in [5, 5.41) is 10.6. The summed E-state index contributed by atoms with van der Waals surface area (Å²) >= 11 is 0. The van der Waals surface area contributed by atoms with Crippen molar-refractivity contribution in [1.82, 2.24) is 0 Å². The normalized spacial score (nSPS) is 10.0. The number of nitro groups is 1. The molecule has 0 N–H and O–H groups in total. The second-order valence-corrected chi connectivity index (χ2v) is 4.66. The molecule has 0 unspecified atom stereocenters. The Balaban J connectivity index is 2.27. The molecule has 0 fully saturated rings. The summed E-state index contributed by atoms with van der Waals surface area (Å²) in [7, 11) is 0. The molecular formula is C15H19NO6. The van der Waals surface area contributed by atoms with E-state index in [1.54, 1.807) is 6.07 Å². The van der Waals surface area contributed by atoms with Gasteiger partial charge in [-0.3, -0.25) is 19.7 Å². The molecule has 0 aromatic heterocycles. The SMILES string of the molecule is CCCOC(=O)CCCC(=O)OCc1cccc([N+](=O)[O-])c1. The Morgan fingerprint density at radius 1 is 1.18 bits per heavy atom. The fraction of sp³-hybridized carbons (Fsp3) is 0.467. The summed E-state index contributed by atoms with van der Waals surface area (Å²) in [6, 6.07) is 5.90. The number of nitro benzene ring substituents is 1. The third-order valence-electron chi connectivity index (χ3n) is 2.75. The van der Waals surface area contributed by atoms with E-state index in [2.05, 4.69) is 0 Å². The highest BCUT2D eigenvalue weighted by Crippen LogP contribution is 2.14. The molecule has 0 amide bonds. The molecule has 0 spiro atoms. The maximum Gasteiger partial charge on any atom is 0.306 e. The van der Waals surface area contributed by atoms with Crippen LogP contribution >= 0.6 is 0 Å². The smallest absolute Gasteiger partial charge is 0.306 e. The second kappa shape index (κ2) is 9.49. The van der Waals surface area contributed by atoms with Gasteiger partial charge in [0.2, 0.25) is 0 Å². The lowest BCUT2D eigenvalue weighted by molar-refractivity contribution is -0.384. The molecule has 0 bridgehead atoms. The van der Waals surface area contributed by atoms with Crippen LogP contribution in [0.4, 0.5) is 5.69 Å². The van der Waals surface area contributed by atoms with Crippen molar-refractivity contribution in [3.05, 3.63) is 39.9 Å². The monoisotopic (exact) mass is 309 g/mol. The van der Waals surface area contributed by atoms with E-state index in [9.17, 15) is 19.7 Å². The highest BCUT2D eigenvalue weighted by molar-refractivity contribution is 5.72. The number of carbonyl (C=O) groups excluding carboxylic acids is 2. The number of benzene rings is 1. The molecule has 0 saturated carbocycles. The van der Waals surface area contributed by atoms with Crippen molar-refractivity contribution in [1.29, 1.82) is 0 Å². The molecule has 7 heteroatoms. The molecule has 0 atom stereocenters. The van der Waals surface area contributed by atoms with Gasteiger partial charge in [0.05, 0.1) is 11.5 Å². The van der Waals surface area contributed by atoms with Crippen molar-refractivity contribution in [3.8, 4) is 0 Å². The van der Waals surface area contributed by atoms with E-state index in [1.807, 2.05) is 6.92 Å². The van der Waals surface area contributed by atoms with Crippen molar-refractivity contribution in [2.24, 2.45) is 0 Å². The van der Waals surface area contributed by atoms with E-state index in [-0.39, 0.29) is 31.1 Å². The van der Waals surface area contributed by atoms with Crippen LogP contribution in [0.1, 0.15) is 38.2 Å². The van der Waals surface area contributed by atoms with Gasteiger partial charge in [-0.2, -0.15) is 0 Å². The minimum atomic E-state index is -0.507. The molecular weight excluding hydrogens is 290 g/mol. The molecule has 22 heavy (non-hydrogen) atoms. The number of rotatable bonds is 9. The Morgan fingerprint density at radius 3 is 2.50 bits per heavy atom. The highest BCUT2D eigenvalue weighted by Gasteiger charge is 2.09. The number of esters is 2. The number of nitrogens with zero attached hydrogens (tertiary/aromatic N) is 1. The van der Waals surface area contributed by atoms with Gasteiger partial charge in [0.1, 0.15) is 6.61 Å². The predicted molar refractivity (Wildman–Crippen MR) is 78.0 cm³/mol. The standard InChI is InChI=1S/C15H19NO6/c1-2-9-21-14(17)7-4-8-15(18)22-11-12-5-3-6-13(10-12)16(19)20/h3,5-6,10H,2,4,7-9,11H2,1H3. The van der Waals surface area contributed by atoms with Gasteiger partial charge in [-0.05, 0) is 18.4 Å². The first-order valence-corrected chi connectivity index (χ1v) is 7.07. The Labute approximate surface area is 128 Å². The molecule has 0 aliphatic rings. The molecule has 7 nitrogen and oxygen atoms in total. The Hall–Kier alpha value is -2.44. The topological polar surface area (TPSA) is 95.7 Å². The maximum atomic E-state index is 11.5. The molecule has 0 aliphatic carbocycles. The van der Waals surface area contributed by atoms with Crippen molar-refractivity contribution >= 4 is 17.6 Å². The molecule has 0 radical (unpaired) electrons. The van der Waals surface area contributed by atoms with Crippen LogP contribution in [0.15, 0.2) is 24.3 Å². The molecule has 1 rings (SSSR count). The van der Waals surface area contributed by atoms with Gasteiger partial charge in [0.25, 0.3) is 5.69 Å². The van der Waals surface area contributed by atoms with Crippen LogP contribution in [0, 0.1) is 10.1 Å². The largest absolute Gasteiger partial charge is 0.466 e. The number of hydrogen-bond donors (Lipinski definition) is 0. The number of ether oxygens (including phenoxy) is 2. The summed E-state index contributed by atoms with van der Waals surface area (Å²) in [4.78, 5) is 32.9. The van der Waals surface area contributed by atoms with Gasteiger partial charge in [-0.15, -0.1) is 0 Å². The lowest BCUT2D eigenvalue weighted by Gasteiger charge is -2.05. The summed E-state index contributed by atoms with van der Waals surface area (Å²) in [5.41, 5.74) is 0.497. The second-order valence-electron chi connectivity index (χ2n) is 4.66. The van der Waals surface area contributed by atoms with E-state index < -0.39 is 10.9 Å². The Bertz CT molecular complexity index is 529. The van der Waals surface area contributed by atoms with Gasteiger partial charge < -0.3 is 9.47 Å². The summed E-state index contributed by atoms with van der Waals surface area (Å²) in [6.07, 6.45) is 1.40. The predicted octanol–water partition coefficient (Wildman–Crippen LogP) is 2.76. The fourth-order valence-electron chi connectivity index (χ4n) is 1.66. The van der Waals surface area contributed by atoms with E-state index >= 15 is 0 Å². The molecule has 120 valence electrons. The number of hydrogen-bond acceptors (Lipinski definition) is 6. The fourth-order valence-corrected chi connectivity index (χ4v) is 1.66. The van der Waals surface area contributed by atoms with E-state index in [0.29, 0.717) is 18.6 Å². The summed E-state index contributed by atoms with van der Waals surface area (Å²) in [6.45, 7) is 2.26. The van der Waals surface area contributed by atoms with Gasteiger partial charge >= 0.3 is 11.9 Å². The lowest BCUT2D eigenvalue weighted by Crippen LogP contribution is -2.08. The highest BCUT2D eigenvalue weighted by atomic mass is 16.6. The van der Waals surface area contributed by atoms with Gasteiger partial charge in [-0.25, -0.2) is 0 Å². The molecule has 0 heterocycles. The van der Waals surface area contributed by atoms with Crippen molar-refractivity contribution in [3.63, 3.8) is 0 Å². The van der Waals surface area contributed by atoms with Crippen LogP contribution in [0.25, 0.3) is 0 Å². The zero-order valence-electron chi connectivity index (χ0n) is 12.4. The van der Waals surface area contributed by atoms with Crippen LogP contribution in [-0.2, 0) is 25.7 Å². The van der Waals surface area contributed by atoms with Crippen molar-refractivity contribution in [2.75, 3.05) is 6.61 Å². The summed E-state index contributed by atoms with van der Waals surface area (Å²) < 4.78 is 9.90. The van der Waals surface area contributed by atoms with Gasteiger partial charge in [-0.1, -0.05) is 19.1 Å². The van der Waals surface area contributed by atoms with Crippen LogP contribution < -0.4 is 0 Å². The maximum absolute atomic E-state index is 11.5. The van der Waals surface area contributed by atoms with Gasteiger partial charge in [0, 0.05) is 25.0 Å². The van der Waals surface area contributed by atoms with Crippen LogP contribution in [0.5, 0.6) is 0 Å². The number of non-ortho nitro benzene ring substituents is 1. The van der Waals surface area contributed by atoms with Crippen molar-refractivity contribution < 1.29 is 24.0 Å². The quantitative estimate of drug-likeness (QED) is 0.395. The van der Waals surface area contributed by atoms with Crippen LogP contribution in [-0.4, -0.2) is 23.5 Å². The Kier molecular flexibility index (Phi) is 7.60. The third kappa shape index (κ3) is 6.83. The van der Waals surface area contributed by atoms with Crippen LogP contribution in [0.2, 0.25) is 0 Å². The first-order chi connectivity index (χ1) is 10.5.